The lowest BCUT2D eigenvalue weighted by Crippen LogP contribution is -2.15. The molecular formula is C15H14ClN3O3S. The van der Waals surface area contributed by atoms with Gasteiger partial charge in [-0.15, -0.1) is 0 Å². The Morgan fingerprint density at radius 3 is 2.48 bits per heavy atom. The minimum atomic E-state index is -3.84. The van der Waals surface area contributed by atoms with Crippen LogP contribution >= 0.6 is 11.6 Å². The Kier molecular flexibility index (Phi) is 3.69. The van der Waals surface area contributed by atoms with E-state index in [1.54, 1.807) is 38.1 Å². The molecule has 0 atom stereocenters. The number of hydrogen-bond donors (Lipinski definition) is 3. The molecule has 120 valence electrons. The van der Waals surface area contributed by atoms with Crippen LogP contribution in [0.5, 0.6) is 5.75 Å². The maximum absolute atomic E-state index is 12.7. The maximum Gasteiger partial charge on any atom is 0.265 e. The number of aromatic nitrogens is 2. The fourth-order valence-corrected chi connectivity index (χ4v) is 4.20. The van der Waals surface area contributed by atoms with Gasteiger partial charge in [0, 0.05) is 10.8 Å². The highest BCUT2D eigenvalue weighted by Crippen LogP contribution is 2.38. The van der Waals surface area contributed by atoms with Gasteiger partial charge in [0.05, 0.1) is 22.1 Å². The number of aromatic amines is 1. The molecule has 0 unspecified atom stereocenters. The molecule has 0 amide bonds. The van der Waals surface area contributed by atoms with Crippen molar-refractivity contribution in [2.75, 3.05) is 4.72 Å². The van der Waals surface area contributed by atoms with Crippen LogP contribution in [0.1, 0.15) is 11.4 Å². The molecule has 0 aliphatic carbocycles. The number of sulfonamides is 1. The zero-order chi connectivity index (χ0) is 16.8. The van der Waals surface area contributed by atoms with E-state index in [-0.39, 0.29) is 15.7 Å². The first kappa shape index (κ1) is 15.6. The van der Waals surface area contributed by atoms with Crippen LogP contribution in [0, 0.1) is 13.8 Å². The molecule has 0 radical (unpaired) electrons. The van der Waals surface area contributed by atoms with Crippen LogP contribution in [0.15, 0.2) is 35.2 Å². The van der Waals surface area contributed by atoms with Crippen LogP contribution in [-0.4, -0.2) is 23.7 Å². The van der Waals surface area contributed by atoms with E-state index in [1.807, 2.05) is 0 Å². The monoisotopic (exact) mass is 351 g/mol. The summed E-state index contributed by atoms with van der Waals surface area (Å²) in [5.74, 6) is -0.0825. The number of anilines is 1. The smallest absolute Gasteiger partial charge is 0.265 e. The fraction of sp³-hybridized carbons (Fsp3) is 0.133. The highest BCUT2D eigenvalue weighted by Gasteiger charge is 2.23. The number of phenolic OH excluding ortho intramolecular Hbond substituents is 1. The number of fused-ring (bicyclic) bond motifs is 1. The second kappa shape index (κ2) is 5.43. The van der Waals surface area contributed by atoms with E-state index in [2.05, 4.69) is 14.9 Å². The molecule has 6 nitrogen and oxygen atoms in total. The first-order valence-electron chi connectivity index (χ1n) is 6.76. The Balaban J connectivity index is 2.18. The number of phenols is 1. The van der Waals surface area contributed by atoms with Gasteiger partial charge in [-0.2, -0.15) is 5.10 Å². The lowest BCUT2D eigenvalue weighted by molar-refractivity contribution is 0.482. The number of benzene rings is 2. The quantitative estimate of drug-likeness (QED) is 0.631. The average Bonchev–Trinajstić information content (AvgIpc) is 2.84. The van der Waals surface area contributed by atoms with E-state index in [9.17, 15) is 13.5 Å². The van der Waals surface area contributed by atoms with Gasteiger partial charge in [0.25, 0.3) is 10.0 Å². The minimum absolute atomic E-state index is 0.0713. The van der Waals surface area contributed by atoms with Gasteiger partial charge in [-0.1, -0.05) is 35.9 Å². The second-order valence-corrected chi connectivity index (χ2v) is 7.20. The third kappa shape index (κ3) is 2.62. The number of rotatable bonds is 3. The second-order valence-electron chi connectivity index (χ2n) is 5.17. The molecule has 8 heteroatoms. The molecule has 0 aliphatic rings. The van der Waals surface area contributed by atoms with Gasteiger partial charge in [0.2, 0.25) is 0 Å². The number of hydrogen-bond acceptors (Lipinski definition) is 4. The van der Waals surface area contributed by atoms with Crippen molar-refractivity contribution in [1.82, 2.24) is 10.2 Å². The number of halogens is 1. The third-order valence-corrected chi connectivity index (χ3v) is 5.46. The molecule has 1 heterocycles. The summed E-state index contributed by atoms with van der Waals surface area (Å²) < 4.78 is 27.9. The van der Waals surface area contributed by atoms with Gasteiger partial charge in [0.15, 0.2) is 0 Å². The Morgan fingerprint density at radius 1 is 1.22 bits per heavy atom. The zero-order valence-corrected chi connectivity index (χ0v) is 14.0. The molecule has 3 aromatic rings. The molecule has 3 rings (SSSR count). The largest absolute Gasteiger partial charge is 0.506 e. The van der Waals surface area contributed by atoms with Crippen LogP contribution in [0.2, 0.25) is 5.02 Å². The summed E-state index contributed by atoms with van der Waals surface area (Å²) in [5, 5.41) is 17.7. The van der Waals surface area contributed by atoms with Crippen molar-refractivity contribution in [3.8, 4) is 5.75 Å². The van der Waals surface area contributed by atoms with E-state index in [0.717, 1.165) is 0 Å². The summed E-state index contributed by atoms with van der Waals surface area (Å²) in [7, 11) is -3.84. The average molecular weight is 352 g/mol. The number of H-pyrrole nitrogens is 1. The molecule has 0 bridgehead atoms. The van der Waals surface area contributed by atoms with Crippen molar-refractivity contribution in [2.24, 2.45) is 0 Å². The van der Waals surface area contributed by atoms with E-state index >= 15 is 0 Å². The molecule has 2 aromatic carbocycles. The van der Waals surface area contributed by atoms with Crippen molar-refractivity contribution in [3.05, 3.63) is 46.7 Å². The first-order chi connectivity index (χ1) is 10.8. The summed E-state index contributed by atoms with van der Waals surface area (Å²) >= 11 is 6.01. The molecule has 0 saturated heterocycles. The SMILES string of the molecule is Cc1n[nH]c(C)c1S(=O)(=O)Nc1cc(Cl)c(O)c2ccccc12. The van der Waals surface area contributed by atoms with Gasteiger partial charge in [0.1, 0.15) is 10.6 Å². The number of aryl methyl sites for hydroxylation is 2. The van der Waals surface area contributed by atoms with Crippen LogP contribution in [-0.2, 0) is 10.0 Å². The predicted octanol–water partition coefficient (Wildman–Crippen LogP) is 3.34. The molecule has 0 aliphatic heterocycles. The van der Waals surface area contributed by atoms with Crippen molar-refractivity contribution < 1.29 is 13.5 Å². The van der Waals surface area contributed by atoms with E-state index in [1.165, 1.54) is 6.07 Å². The predicted molar refractivity (Wildman–Crippen MR) is 89.5 cm³/mol. The number of nitrogens with zero attached hydrogens (tertiary/aromatic N) is 1. The first-order valence-corrected chi connectivity index (χ1v) is 8.62. The van der Waals surface area contributed by atoms with Crippen molar-refractivity contribution in [1.29, 1.82) is 0 Å². The zero-order valence-electron chi connectivity index (χ0n) is 12.4. The Morgan fingerprint density at radius 2 is 1.87 bits per heavy atom. The lowest BCUT2D eigenvalue weighted by atomic mass is 10.1. The van der Waals surface area contributed by atoms with E-state index in [0.29, 0.717) is 27.8 Å². The van der Waals surface area contributed by atoms with Gasteiger partial charge >= 0.3 is 0 Å². The van der Waals surface area contributed by atoms with E-state index < -0.39 is 10.0 Å². The van der Waals surface area contributed by atoms with Crippen molar-refractivity contribution in [3.63, 3.8) is 0 Å². The van der Waals surface area contributed by atoms with Gasteiger partial charge < -0.3 is 5.11 Å². The summed E-state index contributed by atoms with van der Waals surface area (Å²) in [6, 6.07) is 8.26. The molecule has 0 spiro atoms. The number of aromatic hydroxyl groups is 1. The van der Waals surface area contributed by atoms with Crippen LogP contribution < -0.4 is 4.72 Å². The van der Waals surface area contributed by atoms with Crippen LogP contribution in [0.25, 0.3) is 10.8 Å². The lowest BCUT2D eigenvalue weighted by Gasteiger charge is -2.13. The fourth-order valence-electron chi connectivity index (χ4n) is 2.54. The van der Waals surface area contributed by atoms with Gasteiger partial charge in [-0.3, -0.25) is 9.82 Å². The highest BCUT2D eigenvalue weighted by atomic mass is 35.5. The van der Waals surface area contributed by atoms with E-state index in [4.69, 9.17) is 11.6 Å². The van der Waals surface area contributed by atoms with Crippen LogP contribution in [0.3, 0.4) is 0 Å². The Hall–Kier alpha value is -2.25. The Bertz CT molecular complexity index is 993. The highest BCUT2D eigenvalue weighted by molar-refractivity contribution is 7.92. The van der Waals surface area contributed by atoms with Crippen molar-refractivity contribution in [2.45, 2.75) is 18.7 Å². The third-order valence-electron chi connectivity index (χ3n) is 3.54. The molecule has 0 fully saturated rings. The van der Waals surface area contributed by atoms with Gasteiger partial charge in [-0.25, -0.2) is 8.42 Å². The summed E-state index contributed by atoms with van der Waals surface area (Å²) in [5.41, 5.74) is 1.12. The van der Waals surface area contributed by atoms with Gasteiger partial charge in [-0.05, 0) is 19.9 Å². The molecule has 0 saturated carbocycles. The number of nitrogens with one attached hydrogen (secondary N) is 2. The molecule has 1 aromatic heterocycles. The summed E-state index contributed by atoms with van der Waals surface area (Å²) in [6.07, 6.45) is 0. The molecular weight excluding hydrogens is 338 g/mol. The summed E-state index contributed by atoms with van der Waals surface area (Å²) in [6.45, 7) is 3.25. The van der Waals surface area contributed by atoms with Crippen molar-refractivity contribution >= 4 is 38.1 Å². The standard InChI is InChI=1S/C15H14ClN3O3S/c1-8-15(9(2)18-17-8)23(21,22)19-13-7-12(16)14(20)11-6-4-3-5-10(11)13/h3-7,19-20H,1-2H3,(H,17,18). The topological polar surface area (TPSA) is 95.1 Å². The molecule has 3 N–H and O–H groups in total. The maximum atomic E-state index is 12.7. The Labute approximate surface area is 138 Å². The molecule has 23 heavy (non-hydrogen) atoms. The van der Waals surface area contributed by atoms with Crippen LogP contribution in [0.4, 0.5) is 5.69 Å². The minimum Gasteiger partial charge on any atom is -0.506 e. The normalized spacial score (nSPS) is 11.8. The summed E-state index contributed by atoms with van der Waals surface area (Å²) in [4.78, 5) is 0.103.